The van der Waals surface area contributed by atoms with Crippen molar-refractivity contribution in [3.05, 3.63) is 30.5 Å². The smallest absolute Gasteiger partial charge is 0.0455 e. The van der Waals surface area contributed by atoms with E-state index < -0.39 is 0 Å². The molecule has 0 amide bonds. The summed E-state index contributed by atoms with van der Waals surface area (Å²) >= 11 is 0. The number of H-pyrrole nitrogens is 1. The molecule has 1 heterocycles. The van der Waals surface area contributed by atoms with Gasteiger partial charge in [0, 0.05) is 29.3 Å². The third-order valence-corrected chi connectivity index (χ3v) is 2.13. The first-order valence-electron chi connectivity index (χ1n) is 4.71. The van der Waals surface area contributed by atoms with Gasteiger partial charge < -0.3 is 10.3 Å². The summed E-state index contributed by atoms with van der Waals surface area (Å²) < 4.78 is 0. The van der Waals surface area contributed by atoms with E-state index in [9.17, 15) is 0 Å². The maximum Gasteiger partial charge on any atom is 0.0455 e. The average molecular weight is 174 g/mol. The maximum absolute atomic E-state index is 3.36. The van der Waals surface area contributed by atoms with Gasteiger partial charge in [-0.1, -0.05) is 6.92 Å². The third kappa shape index (κ3) is 1.66. The second-order valence-electron chi connectivity index (χ2n) is 3.21. The van der Waals surface area contributed by atoms with Crippen LogP contribution in [0.4, 0.5) is 5.69 Å². The van der Waals surface area contributed by atoms with Crippen LogP contribution in [-0.4, -0.2) is 11.5 Å². The molecule has 0 atom stereocenters. The summed E-state index contributed by atoms with van der Waals surface area (Å²) in [5.74, 6) is 0. The fraction of sp³-hybridized carbons (Fsp3) is 0.273. The number of anilines is 1. The standard InChI is InChI=1S/C11H14N2/c1-2-6-12-10-3-4-11-9(8-10)5-7-13-11/h3-5,7-8,12-13H,2,6H2,1H3. The lowest BCUT2D eigenvalue weighted by molar-refractivity contribution is 0.980. The average Bonchev–Trinajstić information content (AvgIpc) is 2.61. The van der Waals surface area contributed by atoms with Crippen molar-refractivity contribution in [2.45, 2.75) is 13.3 Å². The number of fused-ring (bicyclic) bond motifs is 1. The zero-order chi connectivity index (χ0) is 9.10. The first-order valence-corrected chi connectivity index (χ1v) is 4.71. The molecule has 0 fully saturated rings. The van der Waals surface area contributed by atoms with Crippen molar-refractivity contribution < 1.29 is 0 Å². The molecule has 0 aliphatic heterocycles. The van der Waals surface area contributed by atoms with Crippen molar-refractivity contribution in [2.75, 3.05) is 11.9 Å². The molecular weight excluding hydrogens is 160 g/mol. The van der Waals surface area contributed by atoms with Gasteiger partial charge in [-0.05, 0) is 30.7 Å². The van der Waals surface area contributed by atoms with Gasteiger partial charge in [-0.2, -0.15) is 0 Å². The lowest BCUT2D eigenvalue weighted by Crippen LogP contribution is -1.98. The Morgan fingerprint density at radius 2 is 2.23 bits per heavy atom. The molecule has 2 N–H and O–H groups in total. The van der Waals surface area contributed by atoms with Crippen LogP contribution in [0, 0.1) is 0 Å². The fourth-order valence-corrected chi connectivity index (χ4v) is 1.43. The van der Waals surface area contributed by atoms with Crippen LogP contribution in [0.1, 0.15) is 13.3 Å². The number of rotatable bonds is 3. The summed E-state index contributed by atoms with van der Waals surface area (Å²) in [6.45, 7) is 3.21. The maximum atomic E-state index is 3.36. The van der Waals surface area contributed by atoms with Crippen LogP contribution in [0.3, 0.4) is 0 Å². The lowest BCUT2D eigenvalue weighted by Gasteiger charge is -2.03. The first kappa shape index (κ1) is 8.17. The van der Waals surface area contributed by atoms with Gasteiger partial charge in [-0.25, -0.2) is 0 Å². The van der Waals surface area contributed by atoms with E-state index in [1.165, 1.54) is 16.6 Å². The fourth-order valence-electron chi connectivity index (χ4n) is 1.43. The van der Waals surface area contributed by atoms with Gasteiger partial charge >= 0.3 is 0 Å². The van der Waals surface area contributed by atoms with Crippen LogP contribution >= 0.6 is 0 Å². The summed E-state index contributed by atoms with van der Waals surface area (Å²) in [4.78, 5) is 3.18. The molecule has 1 aromatic heterocycles. The predicted molar refractivity (Wildman–Crippen MR) is 57.1 cm³/mol. The van der Waals surface area contributed by atoms with E-state index >= 15 is 0 Å². The predicted octanol–water partition coefficient (Wildman–Crippen LogP) is 2.99. The summed E-state index contributed by atoms with van der Waals surface area (Å²) in [7, 11) is 0. The molecule has 0 radical (unpaired) electrons. The minimum Gasteiger partial charge on any atom is -0.385 e. The molecule has 0 bridgehead atoms. The van der Waals surface area contributed by atoms with Gasteiger partial charge in [0.05, 0.1) is 0 Å². The zero-order valence-electron chi connectivity index (χ0n) is 7.80. The highest BCUT2D eigenvalue weighted by molar-refractivity contribution is 5.82. The monoisotopic (exact) mass is 174 g/mol. The Balaban J connectivity index is 2.26. The highest BCUT2D eigenvalue weighted by Crippen LogP contribution is 2.17. The van der Waals surface area contributed by atoms with Gasteiger partial charge in [-0.15, -0.1) is 0 Å². The van der Waals surface area contributed by atoms with Gasteiger partial charge in [0.1, 0.15) is 0 Å². The molecule has 0 spiro atoms. The summed E-state index contributed by atoms with van der Waals surface area (Å²) in [6, 6.07) is 8.47. The van der Waals surface area contributed by atoms with Crippen LogP contribution in [0.25, 0.3) is 10.9 Å². The van der Waals surface area contributed by atoms with Crippen molar-refractivity contribution in [1.29, 1.82) is 0 Å². The molecule has 0 aliphatic carbocycles. The highest BCUT2D eigenvalue weighted by Gasteiger charge is 1.95. The van der Waals surface area contributed by atoms with E-state index in [2.05, 4.69) is 41.5 Å². The van der Waals surface area contributed by atoms with Crippen molar-refractivity contribution in [1.82, 2.24) is 4.98 Å². The van der Waals surface area contributed by atoms with E-state index in [4.69, 9.17) is 0 Å². The second kappa shape index (κ2) is 3.52. The summed E-state index contributed by atoms with van der Waals surface area (Å²) in [5.41, 5.74) is 2.40. The number of aromatic amines is 1. The number of nitrogens with one attached hydrogen (secondary N) is 2. The molecule has 0 saturated carbocycles. The molecule has 0 unspecified atom stereocenters. The largest absolute Gasteiger partial charge is 0.385 e. The Bertz CT molecular complexity index is 390. The molecule has 2 aromatic rings. The van der Waals surface area contributed by atoms with Gasteiger partial charge in [0.25, 0.3) is 0 Å². The van der Waals surface area contributed by atoms with Gasteiger partial charge in [-0.3, -0.25) is 0 Å². The van der Waals surface area contributed by atoms with E-state index in [-0.39, 0.29) is 0 Å². The van der Waals surface area contributed by atoms with Crippen LogP contribution in [-0.2, 0) is 0 Å². The number of hydrogen-bond acceptors (Lipinski definition) is 1. The van der Waals surface area contributed by atoms with Crippen LogP contribution in [0.15, 0.2) is 30.5 Å². The summed E-state index contributed by atoms with van der Waals surface area (Å²) in [5, 5.41) is 4.63. The Kier molecular flexibility index (Phi) is 2.21. The normalized spacial score (nSPS) is 10.5. The van der Waals surface area contributed by atoms with Gasteiger partial charge in [0.2, 0.25) is 0 Å². The van der Waals surface area contributed by atoms with Crippen LogP contribution < -0.4 is 5.32 Å². The molecule has 0 aliphatic rings. The third-order valence-electron chi connectivity index (χ3n) is 2.13. The van der Waals surface area contributed by atoms with E-state index in [1.807, 2.05) is 6.20 Å². The van der Waals surface area contributed by atoms with Gasteiger partial charge in [0.15, 0.2) is 0 Å². The molecule has 2 nitrogen and oxygen atoms in total. The van der Waals surface area contributed by atoms with Crippen LogP contribution in [0.5, 0.6) is 0 Å². The SMILES string of the molecule is CCCNc1ccc2[nH]ccc2c1. The molecule has 2 heteroatoms. The highest BCUT2D eigenvalue weighted by atomic mass is 14.9. The number of hydrogen-bond donors (Lipinski definition) is 2. The molecule has 2 rings (SSSR count). The van der Waals surface area contributed by atoms with Crippen molar-refractivity contribution in [2.24, 2.45) is 0 Å². The lowest BCUT2D eigenvalue weighted by atomic mass is 10.2. The van der Waals surface area contributed by atoms with Crippen molar-refractivity contribution >= 4 is 16.6 Å². The Hall–Kier alpha value is -1.44. The van der Waals surface area contributed by atoms with E-state index in [0.717, 1.165) is 13.0 Å². The van der Waals surface area contributed by atoms with Crippen molar-refractivity contribution in [3.8, 4) is 0 Å². The topological polar surface area (TPSA) is 27.8 Å². The Labute approximate surface area is 78.0 Å². The summed E-state index contributed by atoms with van der Waals surface area (Å²) in [6.07, 6.45) is 3.12. The van der Waals surface area contributed by atoms with E-state index in [1.54, 1.807) is 0 Å². The Morgan fingerprint density at radius 1 is 1.31 bits per heavy atom. The second-order valence-corrected chi connectivity index (χ2v) is 3.21. The molecule has 13 heavy (non-hydrogen) atoms. The van der Waals surface area contributed by atoms with E-state index in [0.29, 0.717) is 0 Å². The molecule has 0 saturated heterocycles. The molecule has 68 valence electrons. The quantitative estimate of drug-likeness (QED) is 0.735. The Morgan fingerprint density at radius 3 is 3.08 bits per heavy atom. The molecule has 1 aromatic carbocycles. The number of benzene rings is 1. The molecular formula is C11H14N2. The minimum absolute atomic E-state index is 1.04. The number of aromatic nitrogens is 1. The van der Waals surface area contributed by atoms with Crippen LogP contribution in [0.2, 0.25) is 0 Å². The minimum atomic E-state index is 1.04. The first-order chi connectivity index (χ1) is 6.40. The zero-order valence-corrected chi connectivity index (χ0v) is 7.80. The van der Waals surface area contributed by atoms with Crippen molar-refractivity contribution in [3.63, 3.8) is 0 Å².